The molecule has 0 unspecified atom stereocenters. The molecule has 1 atom stereocenters. The monoisotopic (exact) mass is 471 g/mol. The molecule has 1 fully saturated rings. The second kappa shape index (κ2) is 12.2. The maximum atomic E-state index is 13.0. The van der Waals surface area contributed by atoms with Crippen LogP contribution in [0.2, 0.25) is 0 Å². The lowest BCUT2D eigenvalue weighted by molar-refractivity contribution is -0.129. The molecule has 1 heterocycles. The molecule has 182 valence electrons. The summed E-state index contributed by atoms with van der Waals surface area (Å²) in [5.41, 5.74) is 3.34. The lowest BCUT2D eigenvalue weighted by Gasteiger charge is -2.27. The Hall–Kier alpha value is -3.64. The molecule has 3 aromatic rings. The number of nitrogens with zero attached hydrogens (tertiary/aromatic N) is 2. The van der Waals surface area contributed by atoms with Crippen molar-refractivity contribution in [2.45, 2.75) is 25.0 Å². The number of nitrogens with one attached hydrogen (secondary N) is 1. The second-order valence-electron chi connectivity index (χ2n) is 9.00. The van der Waals surface area contributed by atoms with Gasteiger partial charge in [0.2, 0.25) is 5.91 Å². The van der Waals surface area contributed by atoms with Gasteiger partial charge in [-0.25, -0.2) is 4.79 Å². The number of ether oxygens (including phenoxy) is 1. The molecule has 1 aliphatic heterocycles. The smallest absolute Gasteiger partial charge is 0.409 e. The lowest BCUT2D eigenvalue weighted by Crippen LogP contribution is -2.43. The van der Waals surface area contributed by atoms with E-state index in [-0.39, 0.29) is 37.1 Å². The molecule has 2 amide bonds. The fourth-order valence-electron chi connectivity index (χ4n) is 4.46. The zero-order valence-corrected chi connectivity index (χ0v) is 20.2. The largest absolute Gasteiger partial charge is 0.445 e. The van der Waals surface area contributed by atoms with Gasteiger partial charge in [0.15, 0.2) is 0 Å². The summed E-state index contributed by atoms with van der Waals surface area (Å²) in [6.45, 7) is 2.24. The predicted octanol–water partition coefficient (Wildman–Crippen LogP) is 4.28. The van der Waals surface area contributed by atoms with Crippen LogP contribution in [0, 0.1) is 0 Å². The van der Waals surface area contributed by atoms with Crippen LogP contribution in [-0.2, 0) is 16.1 Å². The van der Waals surface area contributed by atoms with Gasteiger partial charge in [0.25, 0.3) is 0 Å². The van der Waals surface area contributed by atoms with E-state index < -0.39 is 0 Å². The van der Waals surface area contributed by atoms with E-state index in [2.05, 4.69) is 29.6 Å². The van der Waals surface area contributed by atoms with Crippen molar-refractivity contribution in [2.75, 3.05) is 33.2 Å². The minimum Gasteiger partial charge on any atom is -0.445 e. The molecule has 4 rings (SSSR count). The minimum atomic E-state index is -0.365. The van der Waals surface area contributed by atoms with Gasteiger partial charge in [0.05, 0.1) is 6.54 Å². The number of amides is 2. The Morgan fingerprint density at radius 3 is 2.14 bits per heavy atom. The first kappa shape index (κ1) is 24.5. The van der Waals surface area contributed by atoms with Gasteiger partial charge in [-0.3, -0.25) is 4.79 Å². The van der Waals surface area contributed by atoms with Gasteiger partial charge >= 0.3 is 6.09 Å². The maximum Gasteiger partial charge on any atom is 0.409 e. The number of hydrogen-bond acceptors (Lipinski definition) is 4. The van der Waals surface area contributed by atoms with Crippen LogP contribution in [0.25, 0.3) is 0 Å². The van der Waals surface area contributed by atoms with Gasteiger partial charge in [-0.15, -0.1) is 0 Å². The zero-order chi connectivity index (χ0) is 24.5. The summed E-state index contributed by atoms with van der Waals surface area (Å²) < 4.78 is 5.44. The number of carbonyl (C=O) groups is 2. The number of benzene rings is 3. The third kappa shape index (κ3) is 6.93. The summed E-state index contributed by atoms with van der Waals surface area (Å²) >= 11 is 0. The van der Waals surface area contributed by atoms with Gasteiger partial charge < -0.3 is 19.9 Å². The molecule has 6 nitrogen and oxygen atoms in total. The van der Waals surface area contributed by atoms with Gasteiger partial charge in [-0.2, -0.15) is 0 Å². The molecule has 1 N–H and O–H groups in total. The van der Waals surface area contributed by atoms with Crippen LogP contribution in [-0.4, -0.2) is 61.1 Å². The van der Waals surface area contributed by atoms with Crippen molar-refractivity contribution in [3.8, 4) is 0 Å². The summed E-state index contributed by atoms with van der Waals surface area (Å²) in [5.74, 6) is 0.187. The summed E-state index contributed by atoms with van der Waals surface area (Å²) in [4.78, 5) is 29.0. The molecule has 1 saturated heterocycles. The summed E-state index contributed by atoms with van der Waals surface area (Å²) in [5, 5.41) is 3.33. The number of hydrogen-bond donors (Lipinski definition) is 1. The van der Waals surface area contributed by atoms with Crippen LogP contribution in [0.4, 0.5) is 4.79 Å². The van der Waals surface area contributed by atoms with E-state index >= 15 is 0 Å². The third-order valence-corrected chi connectivity index (χ3v) is 6.46. The highest BCUT2D eigenvalue weighted by molar-refractivity contribution is 5.78. The fraction of sp³-hybridized carbons (Fsp3) is 0.310. The molecule has 0 aromatic heterocycles. The highest BCUT2D eigenvalue weighted by Crippen LogP contribution is 2.26. The molecule has 35 heavy (non-hydrogen) atoms. The van der Waals surface area contributed by atoms with E-state index in [0.29, 0.717) is 19.6 Å². The second-order valence-corrected chi connectivity index (χ2v) is 9.00. The van der Waals surface area contributed by atoms with Crippen molar-refractivity contribution >= 4 is 12.0 Å². The highest BCUT2D eigenvalue weighted by Gasteiger charge is 2.27. The van der Waals surface area contributed by atoms with E-state index in [1.54, 1.807) is 11.9 Å². The van der Waals surface area contributed by atoms with Crippen molar-refractivity contribution in [3.63, 3.8) is 0 Å². The Morgan fingerprint density at radius 2 is 1.54 bits per heavy atom. The topological polar surface area (TPSA) is 61.9 Å². The van der Waals surface area contributed by atoms with Crippen LogP contribution >= 0.6 is 0 Å². The molecule has 0 spiro atoms. The van der Waals surface area contributed by atoms with Gasteiger partial charge in [-0.1, -0.05) is 91.0 Å². The fourth-order valence-corrected chi connectivity index (χ4v) is 4.46. The molecular weight excluding hydrogens is 438 g/mol. The summed E-state index contributed by atoms with van der Waals surface area (Å²) in [6, 6.07) is 30.3. The first-order valence-corrected chi connectivity index (χ1v) is 12.1. The Balaban J connectivity index is 1.34. The van der Waals surface area contributed by atoms with Gasteiger partial charge in [-0.05, 0) is 23.1 Å². The Labute approximate surface area is 207 Å². The van der Waals surface area contributed by atoms with Crippen LogP contribution in [0.1, 0.15) is 29.0 Å². The Kier molecular flexibility index (Phi) is 8.52. The van der Waals surface area contributed by atoms with Crippen molar-refractivity contribution in [2.24, 2.45) is 0 Å². The first-order chi connectivity index (χ1) is 17.1. The van der Waals surface area contributed by atoms with Crippen LogP contribution in [0.3, 0.4) is 0 Å². The van der Waals surface area contributed by atoms with Crippen molar-refractivity contribution in [3.05, 3.63) is 108 Å². The number of carbonyl (C=O) groups excluding carboxylic acids is 2. The molecule has 0 saturated carbocycles. The predicted molar refractivity (Wildman–Crippen MR) is 137 cm³/mol. The van der Waals surface area contributed by atoms with Gasteiger partial charge in [0, 0.05) is 38.6 Å². The third-order valence-electron chi connectivity index (χ3n) is 6.46. The van der Waals surface area contributed by atoms with Crippen LogP contribution in [0.5, 0.6) is 0 Å². The van der Waals surface area contributed by atoms with E-state index in [1.807, 2.05) is 71.6 Å². The average Bonchev–Trinajstić information content (AvgIpc) is 3.08. The summed E-state index contributed by atoms with van der Waals surface area (Å²) in [6.07, 6.45) is 0.398. The molecule has 0 radical (unpaired) electrons. The van der Waals surface area contributed by atoms with E-state index in [1.165, 1.54) is 11.1 Å². The molecule has 0 aliphatic carbocycles. The van der Waals surface area contributed by atoms with E-state index in [9.17, 15) is 9.59 Å². The lowest BCUT2D eigenvalue weighted by atomic mass is 9.90. The normalized spacial score (nSPS) is 16.1. The zero-order valence-electron chi connectivity index (χ0n) is 20.2. The minimum absolute atomic E-state index is 0.0186. The van der Waals surface area contributed by atoms with Gasteiger partial charge in [0.1, 0.15) is 6.61 Å². The van der Waals surface area contributed by atoms with E-state index in [4.69, 9.17) is 4.74 Å². The SMILES string of the molecule is CN(C[C@@H]1CCN(CC(c2ccccc2)c2ccccc2)C(=O)CN1)C(=O)OCc1ccccc1. The Bertz CT molecular complexity index is 1040. The average molecular weight is 472 g/mol. The number of likely N-dealkylation sites (N-methyl/N-ethyl adjacent to an activating group) is 1. The molecule has 3 aromatic carbocycles. The quantitative estimate of drug-likeness (QED) is 0.533. The van der Waals surface area contributed by atoms with Crippen LogP contribution in [0.15, 0.2) is 91.0 Å². The molecule has 1 aliphatic rings. The van der Waals surface area contributed by atoms with Crippen LogP contribution < -0.4 is 5.32 Å². The standard InChI is InChI=1S/C29H33N3O3/c1-31(29(34)35-22-23-11-5-2-6-12-23)20-26-17-18-32(28(33)19-30-26)21-27(24-13-7-3-8-14-24)25-15-9-4-10-16-25/h2-16,26-27,30H,17-22H2,1H3/t26-/m0/s1. The molecule has 0 bridgehead atoms. The maximum absolute atomic E-state index is 13.0. The van der Waals surface area contributed by atoms with Crippen molar-refractivity contribution in [1.29, 1.82) is 0 Å². The number of rotatable bonds is 8. The molecular formula is C29H33N3O3. The summed E-state index contributed by atoms with van der Waals surface area (Å²) in [7, 11) is 1.74. The van der Waals surface area contributed by atoms with Crippen molar-refractivity contribution < 1.29 is 14.3 Å². The van der Waals surface area contributed by atoms with Crippen molar-refractivity contribution in [1.82, 2.24) is 15.1 Å². The first-order valence-electron chi connectivity index (χ1n) is 12.1. The highest BCUT2D eigenvalue weighted by atomic mass is 16.6. The van der Waals surface area contributed by atoms with E-state index in [0.717, 1.165) is 12.0 Å². The molecule has 6 heteroatoms. The Morgan fingerprint density at radius 1 is 0.971 bits per heavy atom.